The summed E-state index contributed by atoms with van der Waals surface area (Å²) in [6.07, 6.45) is 0. The third-order valence-corrected chi connectivity index (χ3v) is 5.13. The highest BCUT2D eigenvalue weighted by Crippen LogP contribution is 2.50. The summed E-state index contributed by atoms with van der Waals surface area (Å²) in [6.45, 7) is 0. The van der Waals surface area contributed by atoms with Crippen LogP contribution in [0.4, 0.5) is 0 Å². The van der Waals surface area contributed by atoms with E-state index in [1.165, 1.54) is 0 Å². The third kappa shape index (κ3) is 3.05. The highest BCUT2D eigenvalue weighted by atomic mass is 35.5. The molecule has 0 unspecified atom stereocenters. The van der Waals surface area contributed by atoms with E-state index in [4.69, 9.17) is 85.9 Å². The summed E-state index contributed by atoms with van der Waals surface area (Å²) in [5.41, 5.74) is 0. The van der Waals surface area contributed by atoms with E-state index in [0.29, 0.717) is 0 Å². The van der Waals surface area contributed by atoms with Gasteiger partial charge in [0.15, 0.2) is 11.5 Å². The highest BCUT2D eigenvalue weighted by Gasteiger charge is 2.22. The van der Waals surface area contributed by atoms with Gasteiger partial charge in [-0.25, -0.2) is 0 Å². The van der Waals surface area contributed by atoms with Crippen LogP contribution in [-0.2, 0) is 0 Å². The van der Waals surface area contributed by atoms with Gasteiger partial charge in [0.1, 0.15) is 10.0 Å². The first-order valence-electron chi connectivity index (χ1n) is 4.98. The third-order valence-electron chi connectivity index (χ3n) is 2.29. The lowest BCUT2D eigenvalue weighted by Crippen LogP contribution is -1.91. The zero-order chi connectivity index (χ0) is 15.0. The van der Waals surface area contributed by atoms with Gasteiger partial charge in [-0.3, -0.25) is 0 Å². The number of halogens is 7. The van der Waals surface area contributed by atoms with E-state index in [1.807, 2.05) is 0 Å². The largest absolute Gasteiger partial charge is 0.451 e. The molecule has 0 saturated carbocycles. The summed E-state index contributed by atoms with van der Waals surface area (Å²) in [5.74, 6) is 0.219. The van der Waals surface area contributed by atoms with Crippen molar-refractivity contribution in [2.45, 2.75) is 0 Å². The molecule has 0 aliphatic heterocycles. The van der Waals surface area contributed by atoms with Crippen molar-refractivity contribution in [1.29, 1.82) is 0 Å². The van der Waals surface area contributed by atoms with Gasteiger partial charge in [0.25, 0.3) is 0 Å². The van der Waals surface area contributed by atoms with E-state index in [2.05, 4.69) is 0 Å². The molecule has 0 saturated heterocycles. The predicted octanol–water partition coefficient (Wildman–Crippen LogP) is 8.05. The normalized spacial score (nSPS) is 10.8. The van der Waals surface area contributed by atoms with Gasteiger partial charge in [0.2, 0.25) is 0 Å². The Morgan fingerprint density at radius 3 is 1.40 bits per heavy atom. The van der Waals surface area contributed by atoms with Crippen LogP contribution in [-0.4, -0.2) is 0 Å². The van der Waals surface area contributed by atoms with Gasteiger partial charge in [-0.05, 0) is 12.1 Å². The van der Waals surface area contributed by atoms with Crippen LogP contribution < -0.4 is 4.74 Å². The van der Waals surface area contributed by atoms with Crippen LogP contribution >= 0.6 is 81.2 Å². The fraction of sp³-hybridized carbons (Fsp3) is 0. The molecule has 20 heavy (non-hydrogen) atoms. The fourth-order valence-corrected chi connectivity index (χ4v) is 3.03. The quantitative estimate of drug-likeness (QED) is 0.359. The number of para-hydroxylation sites is 1. The molecule has 0 radical (unpaired) electrons. The molecule has 106 valence electrons. The first kappa shape index (κ1) is 16.6. The molecule has 0 aliphatic rings. The standard InChI is InChI=1S/C12H3Cl7O/c13-4-2-1-3-5(14)11(4)20-12-9(18)7(16)6(15)8(17)10(12)19/h1-3H. The molecule has 0 heterocycles. The van der Waals surface area contributed by atoms with Crippen LogP contribution in [0.1, 0.15) is 0 Å². The lowest BCUT2D eigenvalue weighted by atomic mass is 10.3. The second-order valence-electron chi connectivity index (χ2n) is 3.55. The molecule has 0 aromatic heterocycles. The summed E-state index contributed by atoms with van der Waals surface area (Å²) < 4.78 is 5.56. The zero-order valence-corrected chi connectivity index (χ0v) is 14.6. The number of hydrogen-bond acceptors (Lipinski definition) is 1. The van der Waals surface area contributed by atoms with Gasteiger partial charge in [-0.2, -0.15) is 0 Å². The van der Waals surface area contributed by atoms with Crippen LogP contribution in [0.3, 0.4) is 0 Å². The molecule has 2 rings (SSSR count). The number of benzene rings is 2. The Hall–Kier alpha value is 0.270. The summed E-state index contributed by atoms with van der Waals surface area (Å²) in [6, 6.07) is 4.87. The Labute approximate surface area is 150 Å². The fourth-order valence-electron chi connectivity index (χ4n) is 1.36. The molecule has 0 atom stereocenters. The van der Waals surface area contributed by atoms with Gasteiger partial charge in [0.05, 0.1) is 25.1 Å². The SMILES string of the molecule is Clc1cccc(Cl)c1Oc1c(Cl)c(Cl)c(Cl)c(Cl)c1Cl. The Balaban J connectivity index is 2.61. The minimum Gasteiger partial charge on any atom is -0.451 e. The smallest absolute Gasteiger partial charge is 0.167 e. The molecule has 1 nitrogen and oxygen atoms in total. The maximum atomic E-state index is 6.06. The highest BCUT2D eigenvalue weighted by molar-refractivity contribution is 6.55. The first-order chi connectivity index (χ1) is 9.34. The van der Waals surface area contributed by atoms with Crippen LogP contribution in [0, 0.1) is 0 Å². The van der Waals surface area contributed by atoms with Crippen LogP contribution in [0.5, 0.6) is 11.5 Å². The average molecular weight is 411 g/mol. The van der Waals surface area contributed by atoms with Crippen molar-refractivity contribution in [2.24, 2.45) is 0 Å². The van der Waals surface area contributed by atoms with Crippen LogP contribution in [0.15, 0.2) is 18.2 Å². The molecule has 8 heteroatoms. The summed E-state index contributed by atoms with van der Waals surface area (Å²) in [4.78, 5) is 0. The molecule has 0 bridgehead atoms. The molecule has 0 fully saturated rings. The molecular weight excluding hydrogens is 408 g/mol. The Morgan fingerprint density at radius 1 is 0.550 bits per heavy atom. The molecule has 2 aromatic carbocycles. The molecule has 2 aromatic rings. The van der Waals surface area contributed by atoms with Crippen molar-refractivity contribution in [3.63, 3.8) is 0 Å². The summed E-state index contributed by atoms with van der Waals surface area (Å²) >= 11 is 41.9. The number of ether oxygens (including phenoxy) is 1. The van der Waals surface area contributed by atoms with Crippen molar-refractivity contribution < 1.29 is 4.74 Å². The van der Waals surface area contributed by atoms with E-state index in [9.17, 15) is 0 Å². The van der Waals surface area contributed by atoms with Gasteiger partial charge in [-0.1, -0.05) is 87.3 Å². The average Bonchev–Trinajstić information content (AvgIpc) is 2.42. The van der Waals surface area contributed by atoms with Gasteiger partial charge < -0.3 is 4.74 Å². The van der Waals surface area contributed by atoms with Crippen molar-refractivity contribution >= 4 is 81.2 Å². The van der Waals surface area contributed by atoms with Crippen molar-refractivity contribution in [3.05, 3.63) is 53.4 Å². The Kier molecular flexibility index (Phi) is 5.47. The second kappa shape index (κ2) is 6.58. The van der Waals surface area contributed by atoms with Crippen LogP contribution in [0.25, 0.3) is 0 Å². The van der Waals surface area contributed by atoms with Crippen LogP contribution in [0.2, 0.25) is 35.2 Å². The Morgan fingerprint density at radius 2 is 0.950 bits per heavy atom. The molecule has 0 aliphatic carbocycles. The van der Waals surface area contributed by atoms with Gasteiger partial charge in [-0.15, -0.1) is 0 Å². The Bertz CT molecular complexity index is 635. The van der Waals surface area contributed by atoms with Gasteiger partial charge in [0, 0.05) is 0 Å². The monoisotopic (exact) mass is 408 g/mol. The lowest BCUT2D eigenvalue weighted by molar-refractivity contribution is 0.484. The maximum Gasteiger partial charge on any atom is 0.167 e. The van der Waals surface area contributed by atoms with Crippen molar-refractivity contribution in [1.82, 2.24) is 0 Å². The second-order valence-corrected chi connectivity index (χ2v) is 6.26. The maximum absolute atomic E-state index is 6.06. The van der Waals surface area contributed by atoms with E-state index >= 15 is 0 Å². The predicted molar refractivity (Wildman–Crippen MR) is 88.0 cm³/mol. The van der Waals surface area contributed by atoms with E-state index in [1.54, 1.807) is 18.2 Å². The minimum atomic E-state index is 0.0158. The summed E-state index contributed by atoms with van der Waals surface area (Å²) in [5, 5.41) is 0.700. The molecule has 0 amide bonds. The topological polar surface area (TPSA) is 9.23 Å². The first-order valence-corrected chi connectivity index (χ1v) is 7.62. The van der Waals surface area contributed by atoms with E-state index in [0.717, 1.165) is 0 Å². The lowest BCUT2D eigenvalue weighted by Gasteiger charge is -2.15. The number of hydrogen-bond donors (Lipinski definition) is 0. The van der Waals surface area contributed by atoms with E-state index in [-0.39, 0.29) is 46.7 Å². The molecule has 0 spiro atoms. The number of rotatable bonds is 2. The van der Waals surface area contributed by atoms with Crippen molar-refractivity contribution in [3.8, 4) is 11.5 Å². The summed E-state index contributed by atoms with van der Waals surface area (Å²) in [7, 11) is 0. The van der Waals surface area contributed by atoms with Crippen molar-refractivity contribution in [2.75, 3.05) is 0 Å². The minimum absolute atomic E-state index is 0.0158. The zero-order valence-electron chi connectivity index (χ0n) is 9.29. The molecular formula is C12H3Cl7O. The molecule has 0 N–H and O–H groups in total. The van der Waals surface area contributed by atoms with E-state index < -0.39 is 0 Å². The van der Waals surface area contributed by atoms with Gasteiger partial charge >= 0.3 is 0 Å².